The number of halogens is 3. The van der Waals surface area contributed by atoms with E-state index in [0.717, 1.165) is 19.6 Å². The van der Waals surface area contributed by atoms with Crippen molar-refractivity contribution in [3.05, 3.63) is 128 Å². The summed E-state index contributed by atoms with van der Waals surface area (Å²) in [4.78, 5) is 0. The molecule has 0 aliphatic heterocycles. The van der Waals surface area contributed by atoms with Gasteiger partial charge >= 0.3 is 0 Å². The molecule has 0 fully saturated rings. The first-order valence-corrected chi connectivity index (χ1v) is 21.9. The summed E-state index contributed by atoms with van der Waals surface area (Å²) in [5, 5.41) is 4.02. The van der Waals surface area contributed by atoms with Crippen LogP contribution in [0, 0.1) is 0 Å². The number of unbranched alkanes of at least 4 members (excludes halogenated alkanes) is 15. The van der Waals surface area contributed by atoms with Crippen LogP contribution in [0.3, 0.4) is 0 Å². The number of nitrogens with zero attached hydrogens (tertiary/aromatic N) is 3. The van der Waals surface area contributed by atoms with E-state index in [4.69, 9.17) is 0 Å². The molecule has 312 valence electrons. The van der Waals surface area contributed by atoms with Gasteiger partial charge in [0.2, 0.25) is 16.6 Å². The maximum Gasteiger partial charge on any atom is 0.212 e. The molecule has 0 spiro atoms. The Balaban J connectivity index is 0.000000417. The molecule has 57 heavy (non-hydrogen) atoms. The summed E-state index contributed by atoms with van der Waals surface area (Å²) in [6, 6.07) is 38.9. The third kappa shape index (κ3) is 19.8. The lowest BCUT2D eigenvalue weighted by atomic mass is 10.1. The first kappa shape index (κ1) is 52.3. The molecule has 0 saturated heterocycles. The van der Waals surface area contributed by atoms with E-state index in [0.29, 0.717) is 0 Å². The maximum atomic E-state index is 2.38. The molecule has 0 bridgehead atoms. The molecule has 0 saturated carbocycles. The van der Waals surface area contributed by atoms with Gasteiger partial charge in [0.1, 0.15) is 19.6 Å². The third-order valence-corrected chi connectivity index (χ3v) is 10.6. The number of para-hydroxylation sites is 3. The second kappa shape index (κ2) is 33.2. The number of hydrogen-bond acceptors (Lipinski definition) is 0. The summed E-state index contributed by atoms with van der Waals surface area (Å²) >= 11 is 0. The van der Waals surface area contributed by atoms with Crippen LogP contribution in [0.2, 0.25) is 0 Å². The fourth-order valence-corrected chi connectivity index (χ4v) is 7.44. The summed E-state index contributed by atoms with van der Waals surface area (Å²) in [5.74, 6) is 0. The van der Waals surface area contributed by atoms with Crippen molar-refractivity contribution in [3.8, 4) is 0 Å². The van der Waals surface area contributed by atoms with Crippen molar-refractivity contribution in [2.24, 2.45) is 0 Å². The van der Waals surface area contributed by atoms with Gasteiger partial charge in [0.25, 0.3) is 0 Å². The summed E-state index contributed by atoms with van der Waals surface area (Å²) in [6.07, 6.45) is 31.1. The van der Waals surface area contributed by atoms with Crippen molar-refractivity contribution < 1.29 is 64.6 Å². The number of aromatic nitrogens is 3. The van der Waals surface area contributed by atoms with Gasteiger partial charge in [0.05, 0.1) is 0 Å². The summed E-state index contributed by atoms with van der Waals surface area (Å²) < 4.78 is 7.15. The monoisotopic (exact) mass is 963 g/mol. The molecule has 0 N–H and O–H groups in total. The lowest BCUT2D eigenvalue weighted by molar-refractivity contribution is -0.672. The first-order valence-electron chi connectivity index (χ1n) is 21.9. The quantitative estimate of drug-likeness (QED) is 0.0747. The van der Waals surface area contributed by atoms with E-state index in [9.17, 15) is 0 Å². The van der Waals surface area contributed by atoms with E-state index in [1.807, 2.05) is 0 Å². The summed E-state index contributed by atoms with van der Waals surface area (Å²) in [7, 11) is 0. The average molecular weight is 967 g/mol. The molecule has 3 aromatic carbocycles. The van der Waals surface area contributed by atoms with Crippen molar-refractivity contribution in [1.29, 1.82) is 0 Å². The average Bonchev–Trinajstić information content (AvgIpc) is 3.22. The minimum Gasteiger partial charge on any atom is -1.00 e. The first-order chi connectivity index (χ1) is 26.7. The molecule has 6 rings (SSSR count). The molecule has 0 aliphatic carbocycles. The fourth-order valence-electron chi connectivity index (χ4n) is 7.44. The van der Waals surface area contributed by atoms with Crippen LogP contribution in [0.15, 0.2) is 128 Å². The van der Waals surface area contributed by atoms with E-state index in [1.165, 1.54) is 148 Å². The molecule has 6 heteroatoms. The molecule has 3 heterocycles. The van der Waals surface area contributed by atoms with Gasteiger partial charge in [-0.2, -0.15) is 13.7 Å². The van der Waals surface area contributed by atoms with Gasteiger partial charge in [-0.1, -0.05) is 134 Å². The van der Waals surface area contributed by atoms with Gasteiger partial charge in [-0.05, 0) is 55.7 Å². The Morgan fingerprint density at radius 3 is 0.789 bits per heavy atom. The van der Waals surface area contributed by atoms with Crippen LogP contribution in [0.5, 0.6) is 0 Å². The fraction of sp³-hybridized carbons (Fsp3) is 0.471. The SMILES string of the molecule is CCCCCCCC[n+]1cccc2ccccc21.CCCCCCCC[n+]1cccc2ccccc21.CCCCCCCC[n+]1cccc2ccccc21.[Br-].[Br-].[Br-]. The van der Waals surface area contributed by atoms with E-state index < -0.39 is 0 Å². The van der Waals surface area contributed by atoms with Gasteiger partial charge in [0, 0.05) is 71.8 Å². The smallest absolute Gasteiger partial charge is 0.212 e. The maximum absolute atomic E-state index is 2.38. The molecule has 0 amide bonds. The number of fused-ring (bicyclic) bond motifs is 3. The highest BCUT2D eigenvalue weighted by molar-refractivity contribution is 5.76. The highest BCUT2D eigenvalue weighted by Gasteiger charge is 2.09. The zero-order valence-electron chi connectivity index (χ0n) is 35.4. The predicted molar refractivity (Wildman–Crippen MR) is 233 cm³/mol. The van der Waals surface area contributed by atoms with Crippen LogP contribution in [-0.4, -0.2) is 0 Å². The number of aryl methyl sites for hydroxylation is 3. The molecule has 6 aromatic rings. The Labute approximate surface area is 378 Å². The number of benzene rings is 3. The zero-order chi connectivity index (χ0) is 37.9. The van der Waals surface area contributed by atoms with Crippen LogP contribution < -0.4 is 64.6 Å². The van der Waals surface area contributed by atoms with Gasteiger partial charge in [-0.15, -0.1) is 0 Å². The van der Waals surface area contributed by atoms with Gasteiger partial charge in [-0.3, -0.25) is 0 Å². The predicted octanol–water partition coefficient (Wildman–Crippen LogP) is 4.48. The van der Waals surface area contributed by atoms with Crippen molar-refractivity contribution in [2.45, 2.75) is 156 Å². The zero-order valence-corrected chi connectivity index (χ0v) is 40.2. The largest absolute Gasteiger partial charge is 1.00 e. The molecular weight excluding hydrogens is 894 g/mol. The van der Waals surface area contributed by atoms with Gasteiger partial charge in [0.15, 0.2) is 18.6 Å². The van der Waals surface area contributed by atoms with E-state index in [2.05, 4.69) is 162 Å². The van der Waals surface area contributed by atoms with E-state index in [-0.39, 0.29) is 50.9 Å². The molecule has 0 aliphatic rings. The molecule has 0 radical (unpaired) electrons. The Bertz CT molecular complexity index is 1650. The Morgan fingerprint density at radius 2 is 0.509 bits per heavy atom. The van der Waals surface area contributed by atoms with Gasteiger partial charge < -0.3 is 50.9 Å². The van der Waals surface area contributed by atoms with Crippen LogP contribution in [0.4, 0.5) is 0 Å². The van der Waals surface area contributed by atoms with Crippen molar-refractivity contribution in [3.63, 3.8) is 0 Å². The van der Waals surface area contributed by atoms with Crippen LogP contribution in [0.1, 0.15) is 136 Å². The molecule has 3 aromatic heterocycles. The second-order valence-corrected chi connectivity index (χ2v) is 15.1. The Hall–Kier alpha value is -2.67. The summed E-state index contributed by atoms with van der Waals surface area (Å²) in [6.45, 7) is 10.2. The number of pyridine rings is 3. The number of hydrogen-bond donors (Lipinski definition) is 0. The summed E-state index contributed by atoms with van der Waals surface area (Å²) in [5.41, 5.74) is 4.07. The van der Waals surface area contributed by atoms with E-state index >= 15 is 0 Å². The van der Waals surface area contributed by atoms with Gasteiger partial charge in [-0.25, -0.2) is 0 Å². The lowest BCUT2D eigenvalue weighted by Gasteiger charge is -2.01. The minimum absolute atomic E-state index is 0. The van der Waals surface area contributed by atoms with Crippen LogP contribution in [0.25, 0.3) is 32.7 Å². The second-order valence-electron chi connectivity index (χ2n) is 15.1. The molecule has 0 unspecified atom stereocenters. The Morgan fingerprint density at radius 1 is 0.281 bits per heavy atom. The topological polar surface area (TPSA) is 11.6 Å². The standard InChI is InChI=1S/3C17H24N.3BrH/c3*1-2-3-4-5-6-9-14-18-15-10-12-16-11-7-8-13-17(16)18;;;/h3*7-8,10-13,15H,2-6,9,14H2,1H3;3*1H/q3*+1;;;/p-3. The van der Waals surface area contributed by atoms with Crippen molar-refractivity contribution >= 4 is 32.7 Å². The molecule has 3 nitrogen and oxygen atoms in total. The highest BCUT2D eigenvalue weighted by atomic mass is 79.9. The normalized spacial score (nSPS) is 10.4. The van der Waals surface area contributed by atoms with E-state index in [1.54, 1.807) is 0 Å². The highest BCUT2D eigenvalue weighted by Crippen LogP contribution is 2.12. The van der Waals surface area contributed by atoms with Crippen molar-refractivity contribution in [1.82, 2.24) is 0 Å². The minimum atomic E-state index is 0. The Kier molecular flexibility index (Phi) is 30.5. The molecule has 0 atom stereocenters. The number of rotatable bonds is 21. The van der Waals surface area contributed by atoms with Crippen molar-refractivity contribution in [2.75, 3.05) is 0 Å². The molecular formula is C51H72Br3N3. The van der Waals surface area contributed by atoms with Crippen LogP contribution in [-0.2, 0) is 19.6 Å². The van der Waals surface area contributed by atoms with Crippen LogP contribution >= 0.6 is 0 Å². The lowest BCUT2D eigenvalue weighted by Crippen LogP contribution is -3.00. The third-order valence-electron chi connectivity index (χ3n) is 10.6.